The lowest BCUT2D eigenvalue weighted by Gasteiger charge is -2.41. The third kappa shape index (κ3) is 7.83. The van der Waals surface area contributed by atoms with E-state index in [-0.39, 0.29) is 44.0 Å². The normalized spacial score (nSPS) is 22.6. The second-order valence-electron chi connectivity index (χ2n) is 13.6. The van der Waals surface area contributed by atoms with Crippen LogP contribution in [-0.4, -0.2) is 68.4 Å². The number of benzene rings is 1. The fourth-order valence-electron chi connectivity index (χ4n) is 7.87. The van der Waals surface area contributed by atoms with Gasteiger partial charge < -0.3 is 35.9 Å². The van der Waals surface area contributed by atoms with Crippen LogP contribution in [0.1, 0.15) is 91.7 Å². The summed E-state index contributed by atoms with van der Waals surface area (Å²) in [5.74, 6) is -0.0612. The summed E-state index contributed by atoms with van der Waals surface area (Å²) in [5.41, 5.74) is 8.96. The minimum absolute atomic E-state index is 0.0720. The van der Waals surface area contributed by atoms with Gasteiger partial charge in [-0.1, -0.05) is 43.9 Å². The third-order valence-corrected chi connectivity index (χ3v) is 10.4. The molecule has 2 aliphatic carbocycles. The van der Waals surface area contributed by atoms with E-state index in [0.29, 0.717) is 47.2 Å². The number of nitrogens with zero attached hydrogens (tertiary/aromatic N) is 1. The number of aromatic amines is 1. The number of aryl methyl sites for hydroxylation is 1. The van der Waals surface area contributed by atoms with Gasteiger partial charge in [-0.2, -0.15) is 0 Å². The predicted octanol–water partition coefficient (Wildman–Crippen LogP) is 4.88. The Kier molecular flexibility index (Phi) is 11.7. The van der Waals surface area contributed by atoms with Gasteiger partial charge in [0.2, 0.25) is 0 Å². The number of pyridine rings is 1. The van der Waals surface area contributed by atoms with Crippen molar-refractivity contribution < 1.29 is 34.8 Å². The fraction of sp³-hybridized carbons (Fsp3) is 0.500. The minimum atomic E-state index is -1.68. The van der Waals surface area contributed by atoms with Crippen molar-refractivity contribution in [3.63, 3.8) is 0 Å². The van der Waals surface area contributed by atoms with Crippen LogP contribution < -0.4 is 10.5 Å². The highest BCUT2D eigenvalue weighted by Crippen LogP contribution is 2.53. The van der Waals surface area contributed by atoms with Gasteiger partial charge in [-0.25, -0.2) is 4.98 Å². The first-order chi connectivity index (χ1) is 23.2. The lowest BCUT2D eigenvalue weighted by molar-refractivity contribution is -0.138. The average Bonchev–Trinajstić information content (AvgIpc) is 3.60. The summed E-state index contributed by atoms with van der Waals surface area (Å²) in [6, 6.07) is 9.13. The molecule has 5 rings (SSSR count). The molecule has 258 valence electrons. The van der Waals surface area contributed by atoms with Crippen molar-refractivity contribution in [2.45, 2.75) is 82.7 Å². The topological polar surface area (TPSA) is 179 Å². The molecule has 1 saturated carbocycles. The summed E-state index contributed by atoms with van der Waals surface area (Å²) in [4.78, 5) is 33.3. The number of hydrogen-bond acceptors (Lipinski definition) is 9. The smallest absolute Gasteiger partial charge is 0.170 e. The van der Waals surface area contributed by atoms with Crippen molar-refractivity contribution in [3.05, 3.63) is 76.7 Å². The molecule has 2 heterocycles. The van der Waals surface area contributed by atoms with E-state index in [2.05, 4.69) is 9.97 Å². The number of phenolic OH excluding ortho intramolecular Hbond substituents is 1. The monoisotopic (exact) mass is 659 g/mol. The fourth-order valence-corrected chi connectivity index (χ4v) is 7.87. The Bertz CT molecular complexity index is 1590. The van der Waals surface area contributed by atoms with Gasteiger partial charge in [0.05, 0.1) is 13.7 Å². The SMILES string of the molecule is COc1cc(CCC(=O)[C@H](O)C(=O)CCC[C@H]2CCC[C@H](CCO)C2)cc([C@@H]2c3ccnc(N)c3C=C[C@@]2(CO)Cc2ccc[nH]2)c1O. The molecule has 10 heteroatoms. The van der Waals surface area contributed by atoms with Crippen LogP contribution in [0.15, 0.2) is 48.8 Å². The Hall–Kier alpha value is -3.99. The van der Waals surface area contributed by atoms with Gasteiger partial charge in [-0.3, -0.25) is 9.59 Å². The molecule has 48 heavy (non-hydrogen) atoms. The largest absolute Gasteiger partial charge is 0.504 e. The van der Waals surface area contributed by atoms with Crippen molar-refractivity contribution in [1.29, 1.82) is 0 Å². The number of ketones is 2. The van der Waals surface area contributed by atoms with Crippen LogP contribution in [0.2, 0.25) is 0 Å². The number of rotatable bonds is 16. The number of anilines is 1. The molecule has 0 saturated heterocycles. The van der Waals surface area contributed by atoms with Crippen LogP contribution in [0, 0.1) is 17.3 Å². The first-order valence-corrected chi connectivity index (χ1v) is 17.1. The number of aromatic hydroxyl groups is 1. The number of nitrogens with one attached hydrogen (secondary N) is 1. The number of carbonyl (C=O) groups is 2. The standard InChI is InChI=1S/C38H49N3O7/c1-48-33-21-26(10-11-32(45)36(47)31(44)9-3-7-24-5-2-6-25(19-24)14-18-42)20-30(35(33)46)34-28-13-17-41-37(39)29(28)12-15-38(34,23-43)22-27-8-4-16-40-27/h4,8,12-13,15-17,20-21,24-25,34,36,40,42-43,46-47H,2-3,5-7,9-11,14,18-19,22-23H2,1H3,(H2,39,41)/t24-,25-,34+,36-,38+/m1/s1. The third-order valence-electron chi connectivity index (χ3n) is 10.4. The number of phenols is 1. The zero-order valence-electron chi connectivity index (χ0n) is 27.7. The van der Waals surface area contributed by atoms with E-state index in [4.69, 9.17) is 10.5 Å². The number of fused-ring (bicyclic) bond motifs is 1. The first-order valence-electron chi connectivity index (χ1n) is 17.1. The lowest BCUT2D eigenvalue weighted by Crippen LogP contribution is -2.36. The van der Waals surface area contributed by atoms with Crippen molar-refractivity contribution in [1.82, 2.24) is 9.97 Å². The highest BCUT2D eigenvalue weighted by atomic mass is 16.5. The minimum Gasteiger partial charge on any atom is -0.504 e. The van der Waals surface area contributed by atoms with Crippen molar-refractivity contribution in [3.8, 4) is 11.5 Å². The number of H-pyrrole nitrogens is 1. The number of nitrogens with two attached hydrogens (primary N) is 1. The molecule has 1 aromatic carbocycles. The van der Waals surface area contributed by atoms with Crippen LogP contribution in [0.25, 0.3) is 6.08 Å². The summed E-state index contributed by atoms with van der Waals surface area (Å²) in [5, 5.41) is 42.4. The van der Waals surface area contributed by atoms with E-state index in [1.807, 2.05) is 36.5 Å². The number of nitrogen functional groups attached to an aromatic ring is 1. The second-order valence-corrected chi connectivity index (χ2v) is 13.6. The van der Waals surface area contributed by atoms with E-state index >= 15 is 0 Å². The Morgan fingerprint density at radius 1 is 1.10 bits per heavy atom. The molecule has 10 nitrogen and oxygen atoms in total. The summed E-state index contributed by atoms with van der Waals surface area (Å²) >= 11 is 0. The molecule has 2 aliphatic rings. The quantitative estimate of drug-likeness (QED) is 0.117. The van der Waals surface area contributed by atoms with Gasteiger partial charge in [0, 0.05) is 60.0 Å². The zero-order valence-corrected chi connectivity index (χ0v) is 27.7. The lowest BCUT2D eigenvalue weighted by atomic mass is 9.63. The van der Waals surface area contributed by atoms with Crippen LogP contribution in [0.5, 0.6) is 11.5 Å². The summed E-state index contributed by atoms with van der Waals surface area (Å²) in [7, 11) is 1.45. The zero-order chi connectivity index (χ0) is 34.3. The highest BCUT2D eigenvalue weighted by Gasteiger charge is 2.44. The maximum absolute atomic E-state index is 13.0. The van der Waals surface area contributed by atoms with Gasteiger partial charge in [-0.15, -0.1) is 0 Å². The summed E-state index contributed by atoms with van der Waals surface area (Å²) < 4.78 is 5.57. The van der Waals surface area contributed by atoms with Gasteiger partial charge in [0.1, 0.15) is 5.82 Å². The molecule has 0 unspecified atom stereocenters. The number of aliphatic hydroxyl groups excluding tert-OH is 3. The number of aliphatic hydroxyl groups is 3. The van der Waals surface area contributed by atoms with E-state index in [0.717, 1.165) is 49.8 Å². The predicted molar refractivity (Wildman–Crippen MR) is 184 cm³/mol. The van der Waals surface area contributed by atoms with E-state index in [9.17, 15) is 30.0 Å². The molecular formula is C38H49N3O7. The van der Waals surface area contributed by atoms with Gasteiger partial charge in [0.25, 0.3) is 0 Å². The van der Waals surface area contributed by atoms with Crippen molar-refractivity contribution >= 4 is 23.5 Å². The van der Waals surface area contributed by atoms with Crippen LogP contribution >= 0.6 is 0 Å². The molecule has 3 aromatic rings. The molecular weight excluding hydrogens is 610 g/mol. The van der Waals surface area contributed by atoms with Crippen LogP contribution in [0.3, 0.4) is 0 Å². The number of aromatic nitrogens is 2. The van der Waals surface area contributed by atoms with Gasteiger partial charge in [-0.05, 0) is 79.3 Å². The maximum atomic E-state index is 13.0. The molecule has 1 fully saturated rings. The number of methoxy groups -OCH3 is 1. The Morgan fingerprint density at radius 3 is 2.58 bits per heavy atom. The second kappa shape index (κ2) is 15.9. The summed E-state index contributed by atoms with van der Waals surface area (Å²) in [6.45, 7) is -0.0315. The molecule has 0 spiro atoms. The number of ether oxygens (including phenoxy) is 1. The van der Waals surface area contributed by atoms with E-state index in [1.165, 1.54) is 7.11 Å². The van der Waals surface area contributed by atoms with Crippen molar-refractivity contribution in [2.24, 2.45) is 17.3 Å². The maximum Gasteiger partial charge on any atom is 0.170 e. The molecule has 0 aliphatic heterocycles. The molecule has 0 radical (unpaired) electrons. The Morgan fingerprint density at radius 2 is 1.88 bits per heavy atom. The van der Waals surface area contributed by atoms with E-state index < -0.39 is 29.0 Å². The molecule has 7 N–H and O–H groups in total. The Labute approximate surface area is 282 Å². The molecule has 2 aromatic heterocycles. The van der Waals surface area contributed by atoms with Crippen LogP contribution in [-0.2, 0) is 22.4 Å². The molecule has 0 amide bonds. The van der Waals surface area contributed by atoms with Gasteiger partial charge in [0.15, 0.2) is 29.2 Å². The Balaban J connectivity index is 1.32. The average molecular weight is 660 g/mol. The van der Waals surface area contributed by atoms with Gasteiger partial charge >= 0.3 is 0 Å². The van der Waals surface area contributed by atoms with Crippen LogP contribution in [0.4, 0.5) is 5.82 Å². The highest BCUT2D eigenvalue weighted by molar-refractivity contribution is 6.05. The number of hydrogen-bond donors (Lipinski definition) is 6. The molecule has 0 bridgehead atoms. The summed E-state index contributed by atoms with van der Waals surface area (Å²) in [6.07, 6.45) is 13.1. The first kappa shape index (κ1) is 35.3. The number of carbonyl (C=O) groups excluding carboxylic acids is 2. The van der Waals surface area contributed by atoms with E-state index in [1.54, 1.807) is 18.3 Å². The number of Topliss-reactive ketones (excluding diaryl/α,β-unsaturated/α-hetero) is 2. The van der Waals surface area contributed by atoms with Crippen molar-refractivity contribution in [2.75, 3.05) is 26.1 Å². The molecule has 5 atom stereocenters.